The van der Waals surface area contributed by atoms with E-state index in [1.165, 1.54) is 0 Å². The fourth-order valence-electron chi connectivity index (χ4n) is 8.70. The molecule has 6 nitrogen and oxygen atoms in total. The molecule has 0 atom stereocenters. The van der Waals surface area contributed by atoms with E-state index in [4.69, 9.17) is 0 Å². The van der Waals surface area contributed by atoms with Crippen molar-refractivity contribution >= 4 is 72.4 Å². The van der Waals surface area contributed by atoms with Crippen LogP contribution >= 0.6 is 0 Å². The highest BCUT2D eigenvalue weighted by Crippen LogP contribution is 2.51. The van der Waals surface area contributed by atoms with E-state index < -0.39 is 11.9 Å². The summed E-state index contributed by atoms with van der Waals surface area (Å²) in [5, 5.41) is 26.5. The van der Waals surface area contributed by atoms with Crippen LogP contribution in [0.3, 0.4) is 0 Å². The van der Waals surface area contributed by atoms with Gasteiger partial charge in [0.05, 0.1) is 27.8 Å². The first-order chi connectivity index (χ1) is 28.5. The monoisotopic (exact) mass is 750 g/mol. The van der Waals surface area contributed by atoms with E-state index in [1.807, 2.05) is 84.9 Å². The lowest BCUT2D eigenvalue weighted by molar-refractivity contribution is 0.0687. The van der Waals surface area contributed by atoms with Crippen molar-refractivity contribution in [3.05, 3.63) is 205 Å². The van der Waals surface area contributed by atoms with Crippen molar-refractivity contribution in [2.75, 3.05) is 4.90 Å². The van der Waals surface area contributed by atoms with Crippen LogP contribution in [0.5, 0.6) is 0 Å². The molecule has 0 radical (unpaired) electrons. The molecule has 0 spiro atoms. The molecule has 1 heterocycles. The van der Waals surface area contributed by atoms with E-state index in [0.29, 0.717) is 11.1 Å². The molecule has 0 saturated carbocycles. The molecule has 0 saturated heterocycles. The number of aromatic carboxylic acids is 2. The summed E-state index contributed by atoms with van der Waals surface area (Å²) < 4.78 is 2.29. The van der Waals surface area contributed by atoms with Crippen LogP contribution in [0.25, 0.3) is 71.3 Å². The van der Waals surface area contributed by atoms with Crippen molar-refractivity contribution < 1.29 is 19.8 Å². The van der Waals surface area contributed by atoms with Crippen LogP contribution in [0, 0.1) is 0 Å². The number of carboxylic acids is 2. The van der Waals surface area contributed by atoms with Crippen molar-refractivity contribution in [3.63, 3.8) is 0 Å². The molecule has 9 aromatic carbocycles. The summed E-state index contributed by atoms with van der Waals surface area (Å²) in [6.45, 7) is 0. The van der Waals surface area contributed by atoms with E-state index in [9.17, 15) is 19.8 Å². The number of carboxylic acid groups (broad SMARTS) is 2. The highest BCUT2D eigenvalue weighted by Gasteiger charge is 2.27. The van der Waals surface area contributed by atoms with Gasteiger partial charge in [-0.25, -0.2) is 9.59 Å². The second kappa shape index (κ2) is 14.0. The highest BCUT2D eigenvalue weighted by atomic mass is 16.4. The molecule has 0 aliphatic rings. The molecule has 0 fully saturated rings. The van der Waals surface area contributed by atoms with Gasteiger partial charge in [-0.2, -0.15) is 0 Å². The van der Waals surface area contributed by atoms with Crippen LogP contribution in [0.2, 0.25) is 0 Å². The van der Waals surface area contributed by atoms with E-state index in [0.717, 1.165) is 77.2 Å². The Morgan fingerprint density at radius 1 is 0.414 bits per heavy atom. The molecule has 0 amide bonds. The standard InChI is InChI=1S/C52H34N2O4/c55-51(56)41-25-11-9-23-39(41)48-37-21-7-8-22-38(37)49(40-24-10-12-26-42(40)52(57)58)50-43(48)27-15-29-47(50)53(33-16-3-1-4-17-33)35-30-31-46-44(32-35)36-20-13-14-28-45(36)54(46)34-18-5-2-6-19-34/h1-32H,(H,55,56)(H,57,58). The molecular formula is C52H34N2O4. The van der Waals surface area contributed by atoms with Crippen molar-refractivity contribution in [1.29, 1.82) is 0 Å². The minimum atomic E-state index is -1.04. The lowest BCUT2D eigenvalue weighted by atomic mass is 9.83. The zero-order valence-corrected chi connectivity index (χ0v) is 31.1. The molecule has 10 rings (SSSR count). The molecule has 1 aromatic heterocycles. The largest absolute Gasteiger partial charge is 0.478 e. The van der Waals surface area contributed by atoms with Gasteiger partial charge in [-0.1, -0.05) is 127 Å². The zero-order chi connectivity index (χ0) is 39.3. The molecule has 2 N–H and O–H groups in total. The van der Waals surface area contributed by atoms with Gasteiger partial charge in [0.2, 0.25) is 0 Å². The number of hydrogen-bond donors (Lipinski definition) is 2. The van der Waals surface area contributed by atoms with E-state index in [1.54, 1.807) is 24.3 Å². The van der Waals surface area contributed by atoms with Crippen molar-refractivity contribution in [2.24, 2.45) is 0 Å². The molecule has 0 aliphatic heterocycles. The fourth-order valence-corrected chi connectivity index (χ4v) is 8.70. The maximum Gasteiger partial charge on any atom is 0.336 e. The topological polar surface area (TPSA) is 82.8 Å². The van der Waals surface area contributed by atoms with Gasteiger partial charge in [0.25, 0.3) is 0 Å². The number of hydrogen-bond acceptors (Lipinski definition) is 3. The number of anilines is 3. The van der Waals surface area contributed by atoms with Gasteiger partial charge in [-0.3, -0.25) is 0 Å². The third kappa shape index (κ3) is 5.50. The van der Waals surface area contributed by atoms with Crippen LogP contribution in [-0.4, -0.2) is 26.7 Å². The zero-order valence-electron chi connectivity index (χ0n) is 31.1. The molecule has 0 bridgehead atoms. The number of carbonyl (C=O) groups is 2. The van der Waals surface area contributed by atoms with Crippen LogP contribution < -0.4 is 4.90 Å². The lowest BCUT2D eigenvalue weighted by Gasteiger charge is -2.29. The number of rotatable bonds is 8. The number of benzene rings is 9. The van der Waals surface area contributed by atoms with Crippen LogP contribution in [0.15, 0.2) is 194 Å². The summed E-state index contributed by atoms with van der Waals surface area (Å²) in [7, 11) is 0. The Balaban J connectivity index is 1.36. The SMILES string of the molecule is O=C(O)c1ccccc1-c1c2ccccc2c(-c2ccccc2C(=O)O)c2c(N(c3ccccc3)c3ccc4c(c3)c3ccccc3n4-c3ccccc3)cccc12. The quantitative estimate of drug-likeness (QED) is 0.151. The Hall–Kier alpha value is -7.96. The number of aromatic nitrogens is 1. The van der Waals surface area contributed by atoms with Gasteiger partial charge in [0.1, 0.15) is 0 Å². The lowest BCUT2D eigenvalue weighted by Crippen LogP contribution is -2.11. The maximum atomic E-state index is 13.0. The maximum absolute atomic E-state index is 13.0. The second-order valence-electron chi connectivity index (χ2n) is 14.3. The summed E-state index contributed by atoms with van der Waals surface area (Å²) >= 11 is 0. The Bertz CT molecular complexity index is 3240. The average molecular weight is 751 g/mol. The van der Waals surface area contributed by atoms with Gasteiger partial charge in [0, 0.05) is 38.8 Å². The van der Waals surface area contributed by atoms with E-state index >= 15 is 0 Å². The van der Waals surface area contributed by atoms with Crippen LogP contribution in [0.4, 0.5) is 17.1 Å². The highest BCUT2D eigenvalue weighted by molar-refractivity contribution is 6.27. The van der Waals surface area contributed by atoms with Gasteiger partial charge >= 0.3 is 11.9 Å². The summed E-state index contributed by atoms with van der Waals surface area (Å²) in [6, 6.07) is 63.7. The summed E-state index contributed by atoms with van der Waals surface area (Å²) in [6.07, 6.45) is 0. The fraction of sp³-hybridized carbons (Fsp3) is 0. The third-order valence-corrected chi connectivity index (χ3v) is 11.1. The predicted octanol–water partition coefficient (Wildman–Crippen LogP) is 13.3. The number of para-hydroxylation sites is 3. The van der Waals surface area contributed by atoms with E-state index in [2.05, 4.69) is 94.4 Å². The normalized spacial score (nSPS) is 11.4. The summed E-state index contributed by atoms with van der Waals surface area (Å²) in [5.74, 6) is -2.07. The molecule has 0 unspecified atom stereocenters. The van der Waals surface area contributed by atoms with Gasteiger partial charge < -0.3 is 19.7 Å². The minimum Gasteiger partial charge on any atom is -0.478 e. The Kier molecular flexibility index (Phi) is 8.31. The van der Waals surface area contributed by atoms with Crippen molar-refractivity contribution in [2.45, 2.75) is 0 Å². The smallest absolute Gasteiger partial charge is 0.336 e. The van der Waals surface area contributed by atoms with Crippen molar-refractivity contribution in [3.8, 4) is 27.9 Å². The number of fused-ring (bicyclic) bond motifs is 5. The number of nitrogens with zero attached hydrogens (tertiary/aromatic N) is 2. The van der Waals surface area contributed by atoms with Crippen LogP contribution in [-0.2, 0) is 0 Å². The first kappa shape index (κ1) is 34.5. The minimum absolute atomic E-state index is 0.170. The molecule has 0 aliphatic carbocycles. The third-order valence-electron chi connectivity index (χ3n) is 11.1. The predicted molar refractivity (Wildman–Crippen MR) is 235 cm³/mol. The Morgan fingerprint density at radius 2 is 0.931 bits per heavy atom. The second-order valence-corrected chi connectivity index (χ2v) is 14.3. The summed E-state index contributed by atoms with van der Waals surface area (Å²) in [4.78, 5) is 28.1. The molecule has 276 valence electrons. The molecule has 6 heteroatoms. The average Bonchev–Trinajstić information content (AvgIpc) is 3.60. The van der Waals surface area contributed by atoms with Gasteiger partial charge in [-0.05, 0) is 99.6 Å². The van der Waals surface area contributed by atoms with Crippen molar-refractivity contribution in [1.82, 2.24) is 4.57 Å². The first-order valence-electron chi connectivity index (χ1n) is 19.1. The molecule has 58 heavy (non-hydrogen) atoms. The summed E-state index contributed by atoms with van der Waals surface area (Å²) in [5.41, 5.74) is 8.85. The Labute approximate surface area is 333 Å². The van der Waals surface area contributed by atoms with Gasteiger partial charge in [0.15, 0.2) is 0 Å². The van der Waals surface area contributed by atoms with E-state index in [-0.39, 0.29) is 11.1 Å². The molecular weight excluding hydrogens is 717 g/mol. The first-order valence-corrected chi connectivity index (χ1v) is 19.1. The Morgan fingerprint density at radius 3 is 1.60 bits per heavy atom. The van der Waals surface area contributed by atoms with Crippen LogP contribution in [0.1, 0.15) is 20.7 Å². The molecule has 10 aromatic rings. The van der Waals surface area contributed by atoms with Gasteiger partial charge in [-0.15, -0.1) is 0 Å².